The molecule has 1 fully saturated rings. The number of aryl methyl sites for hydroxylation is 2. The van der Waals surface area contributed by atoms with Crippen LogP contribution in [-0.4, -0.2) is 58.2 Å². The van der Waals surface area contributed by atoms with Gasteiger partial charge < -0.3 is 9.80 Å². The Bertz CT molecular complexity index is 799. The Hall–Kier alpha value is -2.44. The lowest BCUT2D eigenvalue weighted by Gasteiger charge is -2.40. The van der Waals surface area contributed by atoms with Gasteiger partial charge in [0.15, 0.2) is 0 Å². The lowest BCUT2D eigenvalue weighted by molar-refractivity contribution is -0.133. The molecule has 1 atom stereocenters. The predicted octanol–water partition coefficient (Wildman–Crippen LogP) is 2.09. The van der Waals surface area contributed by atoms with E-state index in [4.69, 9.17) is 4.98 Å². The minimum atomic E-state index is 0.0154. The number of rotatable bonds is 5. The number of piperidine rings is 1. The molecule has 1 unspecified atom stereocenters. The lowest BCUT2D eigenvalue weighted by Crippen LogP contribution is -2.48. The van der Waals surface area contributed by atoms with Crippen molar-refractivity contribution in [3.8, 4) is 0 Å². The Kier molecular flexibility index (Phi) is 4.85. The van der Waals surface area contributed by atoms with E-state index in [1.807, 2.05) is 37.6 Å². The second kappa shape index (κ2) is 7.29. The maximum Gasteiger partial charge on any atom is 0.225 e. The summed E-state index contributed by atoms with van der Waals surface area (Å²) >= 11 is 0. The van der Waals surface area contributed by atoms with Crippen molar-refractivity contribution in [3.05, 3.63) is 35.4 Å². The van der Waals surface area contributed by atoms with E-state index in [9.17, 15) is 4.79 Å². The normalized spacial score (nSPS) is 21.5. The first-order valence-electron chi connectivity index (χ1n) is 9.87. The van der Waals surface area contributed by atoms with Crippen LogP contribution in [0.3, 0.4) is 0 Å². The number of nitrogens with one attached hydrogen (secondary N) is 1. The number of carbonyl (C=O) groups is 1. The summed E-state index contributed by atoms with van der Waals surface area (Å²) in [6.45, 7) is 1.67. The average Bonchev–Trinajstić information content (AvgIpc) is 3.30. The zero-order valence-electron chi connectivity index (χ0n) is 16.2. The molecule has 0 bridgehead atoms. The Morgan fingerprint density at radius 3 is 3.00 bits per heavy atom. The molecule has 27 heavy (non-hydrogen) atoms. The van der Waals surface area contributed by atoms with Gasteiger partial charge in [-0.05, 0) is 49.7 Å². The van der Waals surface area contributed by atoms with E-state index in [1.54, 1.807) is 0 Å². The Balaban J connectivity index is 1.44. The van der Waals surface area contributed by atoms with E-state index in [-0.39, 0.29) is 11.3 Å². The van der Waals surface area contributed by atoms with Crippen LogP contribution in [0, 0.1) is 0 Å². The first-order valence-corrected chi connectivity index (χ1v) is 9.87. The number of amides is 1. The number of nitrogens with zero attached hydrogens (tertiary/aromatic N) is 5. The summed E-state index contributed by atoms with van der Waals surface area (Å²) in [6.07, 6.45) is 12.3. The summed E-state index contributed by atoms with van der Waals surface area (Å²) in [5.41, 5.74) is 3.61. The molecular formula is C20H28N6O. The van der Waals surface area contributed by atoms with Crippen molar-refractivity contribution in [2.75, 3.05) is 32.1 Å². The van der Waals surface area contributed by atoms with Crippen molar-refractivity contribution in [1.82, 2.24) is 25.1 Å². The number of fused-ring (bicyclic) bond motifs is 2. The standard InChI is InChI=1S/C20H28N6O/c1-25(2)19-21-13-16-7-9-20(18(16)24-19)8-4-10-26(14-20)17(27)6-3-5-15-11-22-23-12-15/h11-13H,3-10,14H2,1-2H3,(H,22,23). The van der Waals surface area contributed by atoms with Crippen molar-refractivity contribution >= 4 is 11.9 Å². The molecule has 1 amide bonds. The molecule has 1 aliphatic carbocycles. The molecule has 0 aromatic carbocycles. The number of anilines is 1. The van der Waals surface area contributed by atoms with Gasteiger partial charge in [0.1, 0.15) is 0 Å². The molecule has 3 heterocycles. The van der Waals surface area contributed by atoms with Gasteiger partial charge in [0.25, 0.3) is 0 Å². The first kappa shape index (κ1) is 17.9. The third-order valence-electron chi connectivity index (χ3n) is 5.97. The Labute approximate surface area is 160 Å². The van der Waals surface area contributed by atoms with E-state index < -0.39 is 0 Å². The van der Waals surface area contributed by atoms with Crippen molar-refractivity contribution in [2.24, 2.45) is 0 Å². The van der Waals surface area contributed by atoms with Crippen molar-refractivity contribution in [2.45, 2.75) is 50.4 Å². The fourth-order valence-electron chi connectivity index (χ4n) is 4.51. The molecule has 1 N–H and O–H groups in total. The summed E-state index contributed by atoms with van der Waals surface area (Å²) in [6, 6.07) is 0. The molecule has 1 aliphatic heterocycles. The molecular weight excluding hydrogens is 340 g/mol. The minimum absolute atomic E-state index is 0.0154. The zero-order valence-corrected chi connectivity index (χ0v) is 16.2. The number of likely N-dealkylation sites (tertiary alicyclic amines) is 1. The zero-order chi connectivity index (χ0) is 18.9. The second-order valence-corrected chi connectivity index (χ2v) is 8.10. The van der Waals surface area contributed by atoms with Crippen molar-refractivity contribution < 1.29 is 4.79 Å². The molecule has 1 saturated heterocycles. The third kappa shape index (κ3) is 3.55. The quantitative estimate of drug-likeness (QED) is 0.874. The highest BCUT2D eigenvalue weighted by Gasteiger charge is 2.44. The first-order chi connectivity index (χ1) is 13.1. The third-order valence-corrected chi connectivity index (χ3v) is 5.97. The Morgan fingerprint density at radius 1 is 1.33 bits per heavy atom. The monoisotopic (exact) mass is 368 g/mol. The summed E-state index contributed by atoms with van der Waals surface area (Å²) in [4.78, 5) is 26.2. The number of hydrogen-bond acceptors (Lipinski definition) is 5. The van der Waals surface area contributed by atoms with Crippen LogP contribution in [0.1, 0.15) is 48.9 Å². The molecule has 4 rings (SSSR count). The van der Waals surface area contributed by atoms with E-state index in [0.29, 0.717) is 6.42 Å². The maximum absolute atomic E-state index is 12.8. The highest BCUT2D eigenvalue weighted by atomic mass is 16.2. The van der Waals surface area contributed by atoms with Crippen molar-refractivity contribution in [3.63, 3.8) is 0 Å². The number of aromatic nitrogens is 4. The fourth-order valence-corrected chi connectivity index (χ4v) is 4.51. The van der Waals surface area contributed by atoms with Crippen LogP contribution in [0.5, 0.6) is 0 Å². The van der Waals surface area contributed by atoms with E-state index in [1.165, 1.54) is 11.3 Å². The average molecular weight is 368 g/mol. The molecule has 7 nitrogen and oxygen atoms in total. The van der Waals surface area contributed by atoms with Crippen LogP contribution in [0.2, 0.25) is 0 Å². The maximum atomic E-state index is 12.8. The van der Waals surface area contributed by atoms with E-state index in [0.717, 1.165) is 63.1 Å². The predicted molar refractivity (Wildman–Crippen MR) is 104 cm³/mol. The van der Waals surface area contributed by atoms with Gasteiger partial charge in [-0.1, -0.05) is 0 Å². The summed E-state index contributed by atoms with van der Waals surface area (Å²) in [7, 11) is 3.94. The molecule has 0 saturated carbocycles. The number of carbonyl (C=O) groups excluding carboxylic acids is 1. The van der Waals surface area contributed by atoms with Gasteiger partial charge in [-0.15, -0.1) is 0 Å². The van der Waals surface area contributed by atoms with Crippen LogP contribution in [0.4, 0.5) is 5.95 Å². The topological polar surface area (TPSA) is 78.0 Å². The van der Waals surface area contributed by atoms with Gasteiger partial charge in [-0.3, -0.25) is 9.89 Å². The van der Waals surface area contributed by atoms with Gasteiger partial charge in [0.2, 0.25) is 11.9 Å². The number of aromatic amines is 1. The SMILES string of the molecule is CN(C)c1ncc2c(n1)C1(CCCN(C(=O)CCCc3cn[nH]c3)C1)CC2. The highest BCUT2D eigenvalue weighted by Crippen LogP contribution is 2.44. The van der Waals surface area contributed by atoms with Crippen LogP contribution in [0.15, 0.2) is 18.6 Å². The molecule has 1 spiro atoms. The van der Waals surface area contributed by atoms with Crippen LogP contribution < -0.4 is 4.90 Å². The molecule has 2 aromatic rings. The minimum Gasteiger partial charge on any atom is -0.347 e. The molecule has 0 radical (unpaired) electrons. The molecule has 2 aromatic heterocycles. The molecule has 2 aliphatic rings. The van der Waals surface area contributed by atoms with Crippen LogP contribution in [-0.2, 0) is 23.1 Å². The summed E-state index contributed by atoms with van der Waals surface area (Å²) in [5.74, 6) is 1.03. The smallest absolute Gasteiger partial charge is 0.225 e. The highest BCUT2D eigenvalue weighted by molar-refractivity contribution is 5.76. The van der Waals surface area contributed by atoms with E-state index >= 15 is 0 Å². The number of H-pyrrole nitrogens is 1. The Morgan fingerprint density at radius 2 is 2.22 bits per heavy atom. The number of hydrogen-bond donors (Lipinski definition) is 1. The summed E-state index contributed by atoms with van der Waals surface area (Å²) in [5, 5.41) is 6.79. The van der Waals surface area contributed by atoms with Gasteiger partial charge in [-0.2, -0.15) is 5.10 Å². The molecule has 144 valence electrons. The van der Waals surface area contributed by atoms with Crippen LogP contribution in [0.25, 0.3) is 0 Å². The molecule has 7 heteroatoms. The fraction of sp³-hybridized carbons (Fsp3) is 0.600. The van der Waals surface area contributed by atoms with Gasteiger partial charge in [-0.25, -0.2) is 9.97 Å². The largest absolute Gasteiger partial charge is 0.347 e. The van der Waals surface area contributed by atoms with Gasteiger partial charge in [0, 0.05) is 51.4 Å². The van der Waals surface area contributed by atoms with E-state index in [2.05, 4.69) is 20.1 Å². The van der Waals surface area contributed by atoms with Gasteiger partial charge in [0.05, 0.1) is 11.9 Å². The van der Waals surface area contributed by atoms with Gasteiger partial charge >= 0.3 is 0 Å². The summed E-state index contributed by atoms with van der Waals surface area (Å²) < 4.78 is 0. The second-order valence-electron chi connectivity index (χ2n) is 8.10. The van der Waals surface area contributed by atoms with Crippen molar-refractivity contribution in [1.29, 1.82) is 0 Å². The lowest BCUT2D eigenvalue weighted by atomic mass is 9.77. The van der Waals surface area contributed by atoms with Crippen LogP contribution >= 0.6 is 0 Å².